The van der Waals surface area contributed by atoms with Gasteiger partial charge >= 0.3 is 5.97 Å². The molecule has 1 atom stereocenters. The number of hydrogen-bond acceptors (Lipinski definition) is 2. The summed E-state index contributed by atoms with van der Waals surface area (Å²) in [5.41, 5.74) is 0.363. The molecule has 0 unspecified atom stereocenters. The van der Waals surface area contributed by atoms with Crippen LogP contribution in [0, 0.1) is 0 Å². The van der Waals surface area contributed by atoms with Gasteiger partial charge in [-0.05, 0) is 17.7 Å². The number of fused-ring (bicyclic) bond motifs is 1. The topological polar surface area (TPSA) is 26.3 Å². The highest BCUT2D eigenvalue weighted by Gasteiger charge is 2.22. The van der Waals surface area contributed by atoms with E-state index in [9.17, 15) is 9.18 Å². The average molecular weight is 232 g/mol. The minimum Gasteiger partial charge on any atom is -0.464 e. The SMILES string of the molecule is CCOC(=O)[C@H](F)c1cccc2ccccc12. The normalized spacial score (nSPS) is 12.4. The Morgan fingerprint density at radius 3 is 2.71 bits per heavy atom. The van der Waals surface area contributed by atoms with Crippen molar-refractivity contribution in [3.63, 3.8) is 0 Å². The van der Waals surface area contributed by atoms with Gasteiger partial charge in [0.15, 0.2) is 0 Å². The van der Waals surface area contributed by atoms with Gasteiger partial charge in [0, 0.05) is 5.56 Å². The molecule has 0 saturated carbocycles. The smallest absolute Gasteiger partial charge is 0.345 e. The van der Waals surface area contributed by atoms with E-state index in [0.29, 0.717) is 5.56 Å². The van der Waals surface area contributed by atoms with Crippen LogP contribution in [0.4, 0.5) is 4.39 Å². The Hall–Kier alpha value is -1.90. The molecule has 2 aromatic carbocycles. The van der Waals surface area contributed by atoms with Crippen molar-refractivity contribution in [2.75, 3.05) is 6.61 Å². The van der Waals surface area contributed by atoms with Crippen LogP contribution in [0.15, 0.2) is 42.5 Å². The number of carbonyl (C=O) groups is 1. The van der Waals surface area contributed by atoms with Crippen molar-refractivity contribution in [3.8, 4) is 0 Å². The van der Waals surface area contributed by atoms with Gasteiger partial charge < -0.3 is 4.74 Å². The monoisotopic (exact) mass is 232 g/mol. The molecule has 17 heavy (non-hydrogen) atoms. The highest BCUT2D eigenvalue weighted by atomic mass is 19.1. The van der Waals surface area contributed by atoms with Crippen LogP contribution in [0.3, 0.4) is 0 Å². The first-order valence-corrected chi connectivity index (χ1v) is 5.52. The number of alkyl halides is 1. The third kappa shape index (κ3) is 2.28. The highest BCUT2D eigenvalue weighted by Crippen LogP contribution is 2.27. The summed E-state index contributed by atoms with van der Waals surface area (Å²) in [6, 6.07) is 12.6. The molecule has 0 spiro atoms. The molecule has 0 bridgehead atoms. The van der Waals surface area contributed by atoms with Crippen LogP contribution in [-0.4, -0.2) is 12.6 Å². The standard InChI is InChI=1S/C14H13FO2/c1-2-17-14(16)13(15)12-9-5-7-10-6-3-4-8-11(10)12/h3-9,13H,2H2,1H3/t13-/m1/s1. The van der Waals surface area contributed by atoms with E-state index in [4.69, 9.17) is 4.74 Å². The zero-order valence-electron chi connectivity index (χ0n) is 9.52. The Morgan fingerprint density at radius 2 is 1.94 bits per heavy atom. The molecule has 0 saturated heterocycles. The van der Waals surface area contributed by atoms with Crippen LogP contribution in [0.2, 0.25) is 0 Å². The largest absolute Gasteiger partial charge is 0.464 e. The lowest BCUT2D eigenvalue weighted by Gasteiger charge is -2.10. The summed E-state index contributed by atoms with van der Waals surface area (Å²) < 4.78 is 18.7. The predicted molar refractivity (Wildman–Crippen MR) is 64.4 cm³/mol. The zero-order valence-corrected chi connectivity index (χ0v) is 9.52. The lowest BCUT2D eigenvalue weighted by Crippen LogP contribution is -2.12. The predicted octanol–water partition coefficient (Wildman–Crippen LogP) is 3.41. The minimum absolute atomic E-state index is 0.185. The van der Waals surface area contributed by atoms with E-state index in [1.54, 1.807) is 25.1 Å². The lowest BCUT2D eigenvalue weighted by molar-refractivity contribution is -0.149. The van der Waals surface area contributed by atoms with E-state index in [0.717, 1.165) is 10.8 Å². The Balaban J connectivity index is 2.44. The summed E-state index contributed by atoms with van der Waals surface area (Å²) >= 11 is 0. The molecule has 0 N–H and O–H groups in total. The fraction of sp³-hybridized carbons (Fsp3) is 0.214. The van der Waals surface area contributed by atoms with Crippen LogP contribution >= 0.6 is 0 Å². The summed E-state index contributed by atoms with van der Waals surface area (Å²) in [4.78, 5) is 11.4. The molecule has 0 amide bonds. The third-order valence-corrected chi connectivity index (χ3v) is 2.59. The number of halogens is 1. The lowest BCUT2D eigenvalue weighted by atomic mass is 10.0. The molecule has 0 aliphatic rings. The number of hydrogen-bond donors (Lipinski definition) is 0. The van der Waals surface area contributed by atoms with E-state index < -0.39 is 12.1 Å². The van der Waals surface area contributed by atoms with Crippen LogP contribution in [0.1, 0.15) is 18.7 Å². The van der Waals surface area contributed by atoms with Crippen LogP contribution in [0.5, 0.6) is 0 Å². The molecule has 0 aliphatic heterocycles. The summed E-state index contributed by atoms with van der Waals surface area (Å²) in [5.74, 6) is -0.830. The van der Waals surface area contributed by atoms with E-state index >= 15 is 0 Å². The van der Waals surface area contributed by atoms with Crippen LogP contribution < -0.4 is 0 Å². The van der Waals surface area contributed by atoms with Gasteiger partial charge in [-0.1, -0.05) is 42.5 Å². The van der Waals surface area contributed by atoms with Gasteiger partial charge in [-0.15, -0.1) is 0 Å². The molecule has 0 aromatic heterocycles. The number of rotatable bonds is 3. The first kappa shape index (κ1) is 11.6. The van der Waals surface area contributed by atoms with Crippen molar-refractivity contribution in [3.05, 3.63) is 48.0 Å². The fourth-order valence-corrected chi connectivity index (χ4v) is 1.81. The van der Waals surface area contributed by atoms with Crippen molar-refractivity contribution in [2.45, 2.75) is 13.1 Å². The molecular weight excluding hydrogens is 219 g/mol. The molecule has 0 radical (unpaired) electrons. The molecule has 3 heteroatoms. The van der Waals surface area contributed by atoms with Crippen LogP contribution in [-0.2, 0) is 9.53 Å². The zero-order chi connectivity index (χ0) is 12.3. The number of esters is 1. The minimum atomic E-state index is -1.72. The van der Waals surface area contributed by atoms with Crippen molar-refractivity contribution in [1.29, 1.82) is 0 Å². The maximum Gasteiger partial charge on any atom is 0.345 e. The second-order valence-corrected chi connectivity index (χ2v) is 3.68. The quantitative estimate of drug-likeness (QED) is 0.758. The molecule has 2 nitrogen and oxygen atoms in total. The number of ether oxygens (including phenoxy) is 1. The summed E-state index contributed by atoms with van der Waals surface area (Å²) in [7, 11) is 0. The van der Waals surface area contributed by atoms with Gasteiger partial charge in [0.1, 0.15) is 0 Å². The average Bonchev–Trinajstić information content (AvgIpc) is 2.37. The van der Waals surface area contributed by atoms with Crippen molar-refractivity contribution in [2.24, 2.45) is 0 Å². The third-order valence-electron chi connectivity index (χ3n) is 2.59. The molecule has 2 rings (SSSR count). The Kier molecular flexibility index (Phi) is 3.38. The van der Waals surface area contributed by atoms with E-state index in [2.05, 4.69) is 0 Å². The van der Waals surface area contributed by atoms with E-state index in [1.165, 1.54) is 0 Å². The second-order valence-electron chi connectivity index (χ2n) is 3.68. The molecule has 88 valence electrons. The van der Waals surface area contributed by atoms with Gasteiger partial charge in [-0.3, -0.25) is 0 Å². The van der Waals surface area contributed by atoms with Crippen LogP contribution in [0.25, 0.3) is 10.8 Å². The Bertz CT molecular complexity index is 531. The first-order valence-electron chi connectivity index (χ1n) is 5.52. The van der Waals surface area contributed by atoms with E-state index in [-0.39, 0.29) is 6.61 Å². The highest BCUT2D eigenvalue weighted by molar-refractivity contribution is 5.90. The summed E-state index contributed by atoms with van der Waals surface area (Å²) in [6.45, 7) is 1.84. The maximum atomic E-state index is 14.0. The number of benzene rings is 2. The second kappa shape index (κ2) is 4.95. The molecule has 0 aliphatic carbocycles. The van der Waals surface area contributed by atoms with Gasteiger partial charge in [0.25, 0.3) is 0 Å². The molecule has 0 fully saturated rings. The van der Waals surface area contributed by atoms with Crippen molar-refractivity contribution >= 4 is 16.7 Å². The molecule has 0 heterocycles. The van der Waals surface area contributed by atoms with Gasteiger partial charge in [0.2, 0.25) is 6.17 Å². The van der Waals surface area contributed by atoms with Gasteiger partial charge in [-0.25, -0.2) is 9.18 Å². The van der Waals surface area contributed by atoms with Gasteiger partial charge in [0.05, 0.1) is 6.61 Å². The Morgan fingerprint density at radius 1 is 1.24 bits per heavy atom. The Labute approximate surface area is 99.0 Å². The van der Waals surface area contributed by atoms with E-state index in [1.807, 2.05) is 24.3 Å². The number of carbonyl (C=O) groups excluding carboxylic acids is 1. The maximum absolute atomic E-state index is 14.0. The fourth-order valence-electron chi connectivity index (χ4n) is 1.81. The van der Waals surface area contributed by atoms with Crippen molar-refractivity contribution in [1.82, 2.24) is 0 Å². The summed E-state index contributed by atoms with van der Waals surface area (Å²) in [6.07, 6.45) is -1.72. The van der Waals surface area contributed by atoms with Gasteiger partial charge in [-0.2, -0.15) is 0 Å². The molecular formula is C14H13FO2. The summed E-state index contributed by atoms with van der Waals surface area (Å²) in [5, 5.41) is 1.66. The van der Waals surface area contributed by atoms with Crippen molar-refractivity contribution < 1.29 is 13.9 Å². The first-order chi connectivity index (χ1) is 8.24. The molecule has 2 aromatic rings.